The zero-order valence-electron chi connectivity index (χ0n) is 10.8. The second kappa shape index (κ2) is 6.84. The maximum atomic E-state index is 9.94. The second-order valence-corrected chi connectivity index (χ2v) is 5.48. The predicted octanol–water partition coefficient (Wildman–Crippen LogP) is 2.36. The number of hydrogen-bond acceptors (Lipinski definition) is 3. The molecule has 0 radical (unpaired) electrons. The van der Waals surface area contributed by atoms with Gasteiger partial charge in [0.05, 0.1) is 12.6 Å². The average molecular weight is 324 g/mol. The van der Waals surface area contributed by atoms with Gasteiger partial charge >= 0.3 is 0 Å². The summed E-state index contributed by atoms with van der Waals surface area (Å²) in [6.07, 6.45) is 3.11. The molecule has 2 atom stereocenters. The van der Waals surface area contributed by atoms with Crippen LogP contribution >= 0.6 is 15.9 Å². The van der Waals surface area contributed by atoms with Gasteiger partial charge in [0, 0.05) is 29.5 Å². The van der Waals surface area contributed by atoms with Gasteiger partial charge in [0.2, 0.25) is 0 Å². The molecule has 0 saturated carbocycles. The summed E-state index contributed by atoms with van der Waals surface area (Å²) in [6.45, 7) is 3.13. The number of rotatable bonds is 6. The highest BCUT2D eigenvalue weighted by Gasteiger charge is 2.09. The maximum absolute atomic E-state index is 9.94. The molecule has 0 bridgehead atoms. The first-order chi connectivity index (χ1) is 9.15. The molecule has 1 heterocycles. The van der Waals surface area contributed by atoms with E-state index in [1.807, 2.05) is 24.4 Å². The Morgan fingerprint density at radius 1 is 1.42 bits per heavy atom. The Morgan fingerprint density at radius 2 is 2.26 bits per heavy atom. The smallest absolute Gasteiger partial charge is 0.0860 e. The fourth-order valence-corrected chi connectivity index (χ4v) is 2.31. The molecule has 1 aromatic heterocycles. The molecule has 4 nitrogen and oxygen atoms in total. The van der Waals surface area contributed by atoms with Gasteiger partial charge in [-0.3, -0.25) is 4.68 Å². The van der Waals surface area contributed by atoms with Crippen molar-refractivity contribution >= 4 is 15.9 Å². The molecule has 1 aromatic carbocycles. The van der Waals surface area contributed by atoms with Crippen molar-refractivity contribution in [2.24, 2.45) is 0 Å². The van der Waals surface area contributed by atoms with Gasteiger partial charge in [-0.05, 0) is 30.7 Å². The van der Waals surface area contributed by atoms with E-state index < -0.39 is 6.10 Å². The third kappa shape index (κ3) is 4.45. The zero-order chi connectivity index (χ0) is 13.7. The first-order valence-corrected chi connectivity index (χ1v) is 7.09. The van der Waals surface area contributed by atoms with Crippen LogP contribution in [0.15, 0.2) is 47.2 Å². The van der Waals surface area contributed by atoms with Crippen LogP contribution in [-0.2, 0) is 6.54 Å². The predicted molar refractivity (Wildman–Crippen MR) is 78.8 cm³/mol. The molecular weight excluding hydrogens is 306 g/mol. The van der Waals surface area contributed by atoms with E-state index in [-0.39, 0.29) is 6.04 Å². The number of benzene rings is 1. The molecule has 2 N–H and O–H groups in total. The number of hydrogen-bond donors (Lipinski definition) is 2. The van der Waals surface area contributed by atoms with E-state index >= 15 is 0 Å². The van der Waals surface area contributed by atoms with Gasteiger partial charge in [-0.1, -0.05) is 28.1 Å². The Kier molecular flexibility index (Phi) is 5.13. The highest BCUT2D eigenvalue weighted by molar-refractivity contribution is 9.10. The Bertz CT molecular complexity index is 501. The lowest BCUT2D eigenvalue weighted by molar-refractivity contribution is 0.143. The average Bonchev–Trinajstić information content (AvgIpc) is 2.88. The third-order valence-corrected chi connectivity index (χ3v) is 3.46. The van der Waals surface area contributed by atoms with E-state index in [0.717, 1.165) is 4.47 Å². The number of nitrogens with zero attached hydrogens (tertiary/aromatic N) is 2. The lowest BCUT2D eigenvalue weighted by Gasteiger charge is -2.17. The van der Waals surface area contributed by atoms with Crippen LogP contribution in [0.4, 0.5) is 0 Å². The largest absolute Gasteiger partial charge is 0.390 e. The normalized spacial score (nSPS) is 14.3. The van der Waals surface area contributed by atoms with Gasteiger partial charge in [0.1, 0.15) is 0 Å². The Morgan fingerprint density at radius 3 is 2.95 bits per heavy atom. The van der Waals surface area contributed by atoms with Crippen molar-refractivity contribution in [1.29, 1.82) is 0 Å². The molecule has 0 amide bonds. The van der Waals surface area contributed by atoms with Gasteiger partial charge in [-0.15, -0.1) is 0 Å². The number of nitrogens with one attached hydrogen (secondary N) is 1. The third-order valence-electron chi connectivity index (χ3n) is 2.97. The van der Waals surface area contributed by atoms with Crippen LogP contribution in [0.3, 0.4) is 0 Å². The molecule has 0 aliphatic rings. The summed E-state index contributed by atoms with van der Waals surface area (Å²) in [5, 5.41) is 17.3. The summed E-state index contributed by atoms with van der Waals surface area (Å²) in [5.41, 5.74) is 1.20. The van der Waals surface area contributed by atoms with Gasteiger partial charge in [0.15, 0.2) is 0 Å². The maximum Gasteiger partial charge on any atom is 0.0860 e. The van der Waals surface area contributed by atoms with E-state index in [9.17, 15) is 5.11 Å². The summed E-state index contributed by atoms with van der Waals surface area (Å²) in [5.74, 6) is 0. The van der Waals surface area contributed by atoms with Crippen LogP contribution in [0.5, 0.6) is 0 Å². The van der Waals surface area contributed by atoms with Crippen molar-refractivity contribution in [3.8, 4) is 0 Å². The van der Waals surface area contributed by atoms with Crippen LogP contribution in [0.1, 0.15) is 18.5 Å². The van der Waals surface area contributed by atoms with Crippen molar-refractivity contribution < 1.29 is 5.11 Å². The summed E-state index contributed by atoms with van der Waals surface area (Å²) < 4.78 is 2.80. The minimum atomic E-state index is -0.450. The fraction of sp³-hybridized carbons (Fsp3) is 0.357. The first-order valence-electron chi connectivity index (χ1n) is 6.29. The highest BCUT2D eigenvalue weighted by atomic mass is 79.9. The summed E-state index contributed by atoms with van der Waals surface area (Å²) in [7, 11) is 0. The van der Waals surface area contributed by atoms with Crippen LogP contribution in [0.2, 0.25) is 0 Å². The molecule has 19 heavy (non-hydrogen) atoms. The Hall–Kier alpha value is -1.17. The monoisotopic (exact) mass is 323 g/mol. The summed E-state index contributed by atoms with van der Waals surface area (Å²) in [6, 6.07) is 10.2. The quantitative estimate of drug-likeness (QED) is 0.858. The summed E-state index contributed by atoms with van der Waals surface area (Å²) >= 11 is 3.46. The number of aliphatic hydroxyl groups excluding tert-OH is 1. The zero-order valence-corrected chi connectivity index (χ0v) is 12.4. The van der Waals surface area contributed by atoms with E-state index in [0.29, 0.717) is 13.1 Å². The molecule has 0 spiro atoms. The standard InChI is InChI=1S/C14H18BrN3O/c1-11(12-4-2-5-13(15)8-12)16-9-14(19)10-18-7-3-6-17-18/h2-8,11,14,16,19H,9-10H2,1H3. The lowest BCUT2D eigenvalue weighted by Crippen LogP contribution is -2.32. The molecule has 2 unspecified atom stereocenters. The van der Waals surface area contributed by atoms with Crippen molar-refractivity contribution in [3.63, 3.8) is 0 Å². The molecular formula is C14H18BrN3O. The van der Waals surface area contributed by atoms with E-state index in [1.165, 1.54) is 5.56 Å². The molecule has 0 aliphatic heterocycles. The molecule has 102 valence electrons. The van der Waals surface area contributed by atoms with E-state index in [1.54, 1.807) is 10.9 Å². The first kappa shape index (κ1) is 14.2. The van der Waals surface area contributed by atoms with Gasteiger partial charge in [-0.2, -0.15) is 5.10 Å². The number of aliphatic hydroxyl groups is 1. The minimum absolute atomic E-state index is 0.199. The Balaban J connectivity index is 1.81. The summed E-state index contributed by atoms with van der Waals surface area (Å²) in [4.78, 5) is 0. The van der Waals surface area contributed by atoms with E-state index in [2.05, 4.69) is 45.4 Å². The molecule has 0 saturated heterocycles. The molecule has 5 heteroatoms. The lowest BCUT2D eigenvalue weighted by atomic mass is 10.1. The van der Waals surface area contributed by atoms with Crippen LogP contribution in [-0.4, -0.2) is 27.5 Å². The van der Waals surface area contributed by atoms with Crippen LogP contribution in [0.25, 0.3) is 0 Å². The van der Waals surface area contributed by atoms with Crippen molar-refractivity contribution in [2.45, 2.75) is 25.6 Å². The van der Waals surface area contributed by atoms with E-state index in [4.69, 9.17) is 0 Å². The molecule has 2 aromatic rings. The van der Waals surface area contributed by atoms with Gasteiger partial charge < -0.3 is 10.4 Å². The number of halogens is 1. The van der Waals surface area contributed by atoms with Crippen molar-refractivity contribution in [1.82, 2.24) is 15.1 Å². The van der Waals surface area contributed by atoms with Crippen LogP contribution in [0, 0.1) is 0 Å². The minimum Gasteiger partial charge on any atom is -0.390 e. The second-order valence-electron chi connectivity index (χ2n) is 4.57. The SMILES string of the molecule is CC(NCC(O)Cn1cccn1)c1cccc(Br)c1. The van der Waals surface area contributed by atoms with Crippen molar-refractivity contribution in [2.75, 3.05) is 6.54 Å². The molecule has 2 rings (SSSR count). The molecule has 0 aliphatic carbocycles. The Labute approximate surface area is 121 Å². The number of aromatic nitrogens is 2. The van der Waals surface area contributed by atoms with Gasteiger partial charge in [0.25, 0.3) is 0 Å². The van der Waals surface area contributed by atoms with Crippen molar-refractivity contribution in [3.05, 3.63) is 52.8 Å². The highest BCUT2D eigenvalue weighted by Crippen LogP contribution is 2.17. The fourth-order valence-electron chi connectivity index (χ4n) is 1.90. The van der Waals surface area contributed by atoms with Crippen LogP contribution < -0.4 is 5.32 Å². The van der Waals surface area contributed by atoms with Gasteiger partial charge in [-0.25, -0.2) is 0 Å². The molecule has 0 fully saturated rings. The topological polar surface area (TPSA) is 50.1 Å².